The molecule has 0 unspecified atom stereocenters. The zero-order valence-corrected chi connectivity index (χ0v) is 12.0. The minimum Gasteiger partial charge on any atom is -0.481 e. The number of benzene rings is 1. The van der Waals surface area contributed by atoms with Crippen LogP contribution in [0.25, 0.3) is 21.9 Å². The molecule has 0 saturated carbocycles. The summed E-state index contributed by atoms with van der Waals surface area (Å²) in [4.78, 5) is 35.6. The second-order valence-corrected chi connectivity index (χ2v) is 5.15. The summed E-state index contributed by atoms with van der Waals surface area (Å²) in [6.07, 6.45) is -0.472. The van der Waals surface area contributed by atoms with Crippen molar-refractivity contribution in [2.75, 3.05) is 0 Å². The molecule has 112 valence electrons. The number of carboxylic acid groups (broad SMARTS) is 1. The molecule has 0 aliphatic rings. The van der Waals surface area contributed by atoms with Gasteiger partial charge in [0, 0.05) is 12.4 Å². The molecule has 0 fully saturated rings. The van der Waals surface area contributed by atoms with Gasteiger partial charge in [0.25, 0.3) is 5.56 Å². The average Bonchev–Trinajstić information content (AvgIpc) is 2.48. The Hall–Kier alpha value is -2.89. The van der Waals surface area contributed by atoms with Crippen molar-refractivity contribution >= 4 is 27.8 Å². The van der Waals surface area contributed by atoms with Crippen molar-refractivity contribution in [2.45, 2.75) is 13.3 Å². The Morgan fingerprint density at radius 3 is 2.64 bits per heavy atom. The van der Waals surface area contributed by atoms with E-state index < -0.39 is 18.0 Å². The summed E-state index contributed by atoms with van der Waals surface area (Å²) in [6, 6.07) is 7.09. The zero-order valence-electron chi connectivity index (χ0n) is 12.0. The highest BCUT2D eigenvalue weighted by atomic mass is 16.4. The third-order valence-electron chi connectivity index (χ3n) is 3.85. The van der Waals surface area contributed by atoms with Crippen LogP contribution in [0.15, 0.2) is 38.3 Å². The molecule has 3 rings (SSSR count). The third kappa shape index (κ3) is 1.92. The van der Waals surface area contributed by atoms with E-state index in [0.717, 1.165) is 0 Å². The molecule has 0 bridgehead atoms. The monoisotopic (exact) mass is 299 g/mol. The molecule has 6 heteroatoms. The standard InChI is InChI=1S/C16H13NO5/c1-8-10(7-12(18)19)16(21)22-14-9-5-3-4-6-11(9)17(2)15(20)13(8)14/h3-6H,7H2,1-2H3,(H,18,19). The molecule has 3 aromatic rings. The summed E-state index contributed by atoms with van der Waals surface area (Å²) < 4.78 is 6.76. The summed E-state index contributed by atoms with van der Waals surface area (Å²) in [5, 5.41) is 9.81. The van der Waals surface area contributed by atoms with Gasteiger partial charge in [-0.05, 0) is 24.6 Å². The zero-order chi connectivity index (χ0) is 16.0. The van der Waals surface area contributed by atoms with Crippen molar-refractivity contribution in [3.05, 3.63) is 56.2 Å². The van der Waals surface area contributed by atoms with Crippen LogP contribution < -0.4 is 11.2 Å². The Balaban J connectivity index is 2.59. The number of para-hydroxylation sites is 1. The first-order valence-electron chi connectivity index (χ1n) is 6.67. The fraction of sp³-hybridized carbons (Fsp3) is 0.188. The number of carboxylic acids is 1. The minimum atomic E-state index is -1.15. The van der Waals surface area contributed by atoms with Gasteiger partial charge in [0.15, 0.2) is 5.58 Å². The molecule has 2 aromatic heterocycles. The first-order valence-corrected chi connectivity index (χ1v) is 6.67. The molecule has 22 heavy (non-hydrogen) atoms. The maximum absolute atomic E-state index is 12.6. The predicted octanol–water partition coefficient (Wildman–Crippen LogP) is 1.58. The van der Waals surface area contributed by atoms with Gasteiger partial charge in [-0.3, -0.25) is 9.59 Å². The molecule has 0 aliphatic heterocycles. The molecule has 0 aliphatic carbocycles. The van der Waals surface area contributed by atoms with E-state index in [4.69, 9.17) is 9.52 Å². The summed E-state index contributed by atoms with van der Waals surface area (Å²) in [5.74, 6) is -1.15. The molecule has 0 spiro atoms. The van der Waals surface area contributed by atoms with Crippen LogP contribution in [0, 0.1) is 6.92 Å². The Kier molecular flexibility index (Phi) is 3.09. The molecule has 1 aromatic carbocycles. The van der Waals surface area contributed by atoms with E-state index in [1.54, 1.807) is 38.2 Å². The van der Waals surface area contributed by atoms with Crippen molar-refractivity contribution in [1.29, 1.82) is 0 Å². The summed E-state index contributed by atoms with van der Waals surface area (Å²) in [5.41, 5.74) is 0.184. The molecule has 0 amide bonds. The van der Waals surface area contributed by atoms with Crippen LogP contribution >= 0.6 is 0 Å². The number of aliphatic carboxylic acids is 1. The van der Waals surface area contributed by atoms with Gasteiger partial charge in [-0.1, -0.05) is 12.1 Å². The number of aromatic nitrogens is 1. The van der Waals surface area contributed by atoms with Crippen LogP contribution in [0.1, 0.15) is 11.1 Å². The van der Waals surface area contributed by atoms with Crippen LogP contribution in [-0.4, -0.2) is 15.6 Å². The van der Waals surface area contributed by atoms with Crippen molar-refractivity contribution in [2.24, 2.45) is 7.05 Å². The Bertz CT molecular complexity index is 1040. The number of pyridine rings is 1. The molecule has 0 saturated heterocycles. The van der Waals surface area contributed by atoms with Crippen LogP contribution in [-0.2, 0) is 18.3 Å². The van der Waals surface area contributed by atoms with Crippen LogP contribution in [0.2, 0.25) is 0 Å². The SMILES string of the molecule is Cc1c(CC(=O)O)c(=O)oc2c1c(=O)n(C)c1ccccc21. The average molecular weight is 299 g/mol. The van der Waals surface area contributed by atoms with Gasteiger partial charge < -0.3 is 14.1 Å². The number of aryl methyl sites for hydroxylation is 2. The Morgan fingerprint density at radius 1 is 1.27 bits per heavy atom. The summed E-state index contributed by atoms with van der Waals surface area (Å²) >= 11 is 0. The lowest BCUT2D eigenvalue weighted by atomic mass is 10.0. The van der Waals surface area contributed by atoms with Gasteiger partial charge in [-0.2, -0.15) is 0 Å². The highest BCUT2D eigenvalue weighted by Crippen LogP contribution is 2.24. The third-order valence-corrected chi connectivity index (χ3v) is 3.85. The van der Waals surface area contributed by atoms with Crippen molar-refractivity contribution in [3.8, 4) is 0 Å². The Labute approximate surface area is 124 Å². The first kappa shape index (κ1) is 14.1. The van der Waals surface area contributed by atoms with E-state index in [-0.39, 0.29) is 22.1 Å². The quantitative estimate of drug-likeness (QED) is 0.726. The van der Waals surface area contributed by atoms with E-state index in [2.05, 4.69) is 0 Å². The highest BCUT2D eigenvalue weighted by Gasteiger charge is 2.19. The topological polar surface area (TPSA) is 89.5 Å². The van der Waals surface area contributed by atoms with Crippen molar-refractivity contribution in [3.63, 3.8) is 0 Å². The normalized spacial score (nSPS) is 11.2. The summed E-state index contributed by atoms with van der Waals surface area (Å²) in [7, 11) is 1.63. The predicted molar refractivity (Wildman–Crippen MR) is 81.3 cm³/mol. The summed E-state index contributed by atoms with van der Waals surface area (Å²) in [6.45, 7) is 1.58. The van der Waals surface area contributed by atoms with E-state index in [0.29, 0.717) is 16.5 Å². The van der Waals surface area contributed by atoms with Crippen molar-refractivity contribution in [1.82, 2.24) is 4.57 Å². The largest absolute Gasteiger partial charge is 0.481 e. The number of nitrogens with zero attached hydrogens (tertiary/aromatic N) is 1. The van der Waals surface area contributed by atoms with Gasteiger partial charge in [0.05, 0.1) is 22.9 Å². The van der Waals surface area contributed by atoms with Gasteiger partial charge in [0.2, 0.25) is 0 Å². The van der Waals surface area contributed by atoms with Crippen LogP contribution in [0.5, 0.6) is 0 Å². The fourth-order valence-electron chi connectivity index (χ4n) is 2.72. The molecule has 2 heterocycles. The molecule has 6 nitrogen and oxygen atoms in total. The molecular formula is C16H13NO5. The number of fused-ring (bicyclic) bond motifs is 3. The van der Waals surface area contributed by atoms with Crippen LogP contribution in [0.4, 0.5) is 0 Å². The van der Waals surface area contributed by atoms with Gasteiger partial charge in [0.1, 0.15) is 0 Å². The van der Waals surface area contributed by atoms with E-state index in [1.165, 1.54) is 4.57 Å². The Morgan fingerprint density at radius 2 is 1.95 bits per heavy atom. The van der Waals surface area contributed by atoms with Gasteiger partial charge in [-0.25, -0.2) is 4.79 Å². The molecule has 0 radical (unpaired) electrons. The minimum absolute atomic E-state index is 0.00683. The lowest BCUT2D eigenvalue weighted by molar-refractivity contribution is -0.136. The van der Waals surface area contributed by atoms with Gasteiger partial charge in [-0.15, -0.1) is 0 Å². The second-order valence-electron chi connectivity index (χ2n) is 5.15. The number of carbonyl (C=O) groups is 1. The number of hydrogen-bond donors (Lipinski definition) is 1. The van der Waals surface area contributed by atoms with Gasteiger partial charge >= 0.3 is 11.6 Å². The molecule has 0 atom stereocenters. The lowest BCUT2D eigenvalue weighted by Gasteiger charge is -2.11. The number of hydrogen-bond acceptors (Lipinski definition) is 4. The van der Waals surface area contributed by atoms with Crippen molar-refractivity contribution < 1.29 is 14.3 Å². The molecule has 1 N–H and O–H groups in total. The first-order chi connectivity index (χ1) is 10.4. The van der Waals surface area contributed by atoms with E-state index in [9.17, 15) is 14.4 Å². The smallest absolute Gasteiger partial charge is 0.340 e. The number of rotatable bonds is 2. The molecular weight excluding hydrogens is 286 g/mol. The fourth-order valence-corrected chi connectivity index (χ4v) is 2.72. The second kappa shape index (κ2) is 4.84. The van der Waals surface area contributed by atoms with E-state index >= 15 is 0 Å². The lowest BCUT2D eigenvalue weighted by Crippen LogP contribution is -2.22. The maximum atomic E-state index is 12.6. The van der Waals surface area contributed by atoms with Crippen LogP contribution in [0.3, 0.4) is 0 Å². The maximum Gasteiger partial charge on any atom is 0.340 e. The van der Waals surface area contributed by atoms with E-state index in [1.807, 2.05) is 0 Å². The highest BCUT2D eigenvalue weighted by molar-refractivity contribution is 6.03.